The van der Waals surface area contributed by atoms with E-state index in [4.69, 9.17) is 16.6 Å². The van der Waals surface area contributed by atoms with E-state index >= 15 is 0 Å². The Morgan fingerprint density at radius 2 is 2.17 bits per heavy atom. The van der Waals surface area contributed by atoms with Crippen LogP contribution in [0.2, 0.25) is 0 Å². The van der Waals surface area contributed by atoms with Gasteiger partial charge in [-0.25, -0.2) is 0 Å². The van der Waals surface area contributed by atoms with Gasteiger partial charge in [0.1, 0.15) is 0 Å². The van der Waals surface area contributed by atoms with E-state index in [1.165, 1.54) is 6.08 Å². The fourth-order valence-electron chi connectivity index (χ4n) is 1.24. The second kappa shape index (κ2) is 7.58. The molecule has 1 unspecified atom stereocenters. The minimum absolute atomic E-state index is 0. The van der Waals surface area contributed by atoms with Crippen LogP contribution >= 0.6 is 12.4 Å². The molecule has 1 amide bonds. The first kappa shape index (κ1) is 16.3. The van der Waals surface area contributed by atoms with Crippen LogP contribution in [0.4, 0.5) is 11.4 Å². The maximum absolute atomic E-state index is 11.4. The van der Waals surface area contributed by atoms with Gasteiger partial charge in [-0.15, -0.1) is 12.4 Å². The molecule has 5 nitrogen and oxygen atoms in total. The van der Waals surface area contributed by atoms with Crippen molar-refractivity contribution in [3.63, 3.8) is 0 Å². The number of anilines is 2. The summed E-state index contributed by atoms with van der Waals surface area (Å²) in [6.07, 6.45) is 2.95. The van der Waals surface area contributed by atoms with Crippen molar-refractivity contribution in [2.45, 2.75) is 13.0 Å². The quantitative estimate of drug-likeness (QED) is 0.480. The monoisotopic (exact) mass is 271 g/mol. The lowest BCUT2D eigenvalue weighted by molar-refractivity contribution is -0.117. The molecule has 0 aliphatic rings. The zero-order valence-corrected chi connectivity index (χ0v) is 10.9. The average Bonchev–Trinajstić information content (AvgIpc) is 2.30. The molecule has 1 aromatic rings. The number of nitrogens with one attached hydrogen (secondary N) is 1. The molecule has 0 radical (unpaired) electrons. The zero-order chi connectivity index (χ0) is 12.8. The van der Waals surface area contributed by atoms with Crippen LogP contribution in [0.15, 0.2) is 24.3 Å². The van der Waals surface area contributed by atoms with E-state index in [1.54, 1.807) is 31.2 Å². The molecular formula is C12H18ClN3O2. The van der Waals surface area contributed by atoms with Gasteiger partial charge in [-0.05, 0) is 36.8 Å². The number of hydrogen-bond donors (Lipinski definition) is 4. The number of aliphatic hydroxyl groups excluding tert-OH is 1. The van der Waals surface area contributed by atoms with Crippen molar-refractivity contribution in [1.82, 2.24) is 5.32 Å². The molecule has 0 saturated carbocycles. The smallest absolute Gasteiger partial charge is 0.244 e. The van der Waals surface area contributed by atoms with Gasteiger partial charge in [0.15, 0.2) is 0 Å². The fraction of sp³-hybridized carbons (Fsp3) is 0.250. The highest BCUT2D eigenvalue weighted by atomic mass is 35.5. The van der Waals surface area contributed by atoms with E-state index in [1.807, 2.05) is 0 Å². The van der Waals surface area contributed by atoms with Gasteiger partial charge in [0, 0.05) is 23.5 Å². The Morgan fingerprint density at radius 3 is 2.78 bits per heavy atom. The average molecular weight is 272 g/mol. The van der Waals surface area contributed by atoms with E-state index in [-0.39, 0.29) is 31.0 Å². The van der Waals surface area contributed by atoms with Gasteiger partial charge in [0.2, 0.25) is 5.91 Å². The lowest BCUT2D eigenvalue weighted by Crippen LogP contribution is -2.33. The number of carbonyl (C=O) groups excluding carboxylic acids is 1. The molecule has 0 bridgehead atoms. The van der Waals surface area contributed by atoms with E-state index in [9.17, 15) is 4.79 Å². The van der Waals surface area contributed by atoms with Gasteiger partial charge in [-0.1, -0.05) is 0 Å². The molecule has 0 aliphatic carbocycles. The van der Waals surface area contributed by atoms with Gasteiger partial charge >= 0.3 is 0 Å². The minimum atomic E-state index is -0.284. The van der Waals surface area contributed by atoms with E-state index in [0.29, 0.717) is 16.9 Å². The number of carbonyl (C=O) groups is 1. The Hall–Kier alpha value is -1.72. The van der Waals surface area contributed by atoms with Crippen molar-refractivity contribution in [3.05, 3.63) is 29.8 Å². The topological polar surface area (TPSA) is 101 Å². The highest BCUT2D eigenvalue weighted by Gasteiger charge is 2.02. The second-order valence-electron chi connectivity index (χ2n) is 3.81. The number of aliphatic hydroxyl groups is 1. The Bertz CT molecular complexity index is 435. The first-order valence-corrected chi connectivity index (χ1v) is 5.27. The van der Waals surface area contributed by atoms with Crippen molar-refractivity contribution in [3.8, 4) is 0 Å². The zero-order valence-electron chi connectivity index (χ0n) is 10.1. The van der Waals surface area contributed by atoms with Gasteiger partial charge in [-0.2, -0.15) is 0 Å². The molecule has 18 heavy (non-hydrogen) atoms. The standard InChI is InChI=1S/C12H17N3O2.ClH/c1-8(7-16)15-12(17)5-2-9-6-10(13)3-4-11(9)14;/h2-6,8,16H,7,13-14H2,1H3,(H,15,17);1H. The van der Waals surface area contributed by atoms with E-state index < -0.39 is 0 Å². The fourth-order valence-corrected chi connectivity index (χ4v) is 1.24. The number of rotatable bonds is 4. The molecule has 0 aliphatic heterocycles. The third-order valence-electron chi connectivity index (χ3n) is 2.19. The van der Waals surface area contributed by atoms with Gasteiger partial charge in [-0.3, -0.25) is 4.79 Å². The van der Waals surface area contributed by atoms with Crippen LogP contribution < -0.4 is 16.8 Å². The lowest BCUT2D eigenvalue weighted by Gasteiger charge is -2.08. The van der Waals surface area contributed by atoms with Crippen LogP contribution in [0.3, 0.4) is 0 Å². The largest absolute Gasteiger partial charge is 0.399 e. The lowest BCUT2D eigenvalue weighted by atomic mass is 10.1. The molecule has 100 valence electrons. The van der Waals surface area contributed by atoms with Crippen molar-refractivity contribution in [2.24, 2.45) is 0 Å². The molecule has 6 N–H and O–H groups in total. The Morgan fingerprint density at radius 1 is 1.50 bits per heavy atom. The summed E-state index contributed by atoms with van der Waals surface area (Å²) >= 11 is 0. The van der Waals surface area contributed by atoms with Gasteiger partial charge < -0.3 is 21.9 Å². The molecule has 0 fully saturated rings. The second-order valence-corrected chi connectivity index (χ2v) is 3.81. The van der Waals surface area contributed by atoms with E-state index in [0.717, 1.165) is 0 Å². The summed E-state index contributed by atoms with van der Waals surface area (Å²) in [5, 5.41) is 11.4. The summed E-state index contributed by atoms with van der Waals surface area (Å²) in [4.78, 5) is 11.4. The molecule has 1 aromatic carbocycles. The minimum Gasteiger partial charge on any atom is -0.399 e. The van der Waals surface area contributed by atoms with Crippen molar-refractivity contribution in [2.75, 3.05) is 18.1 Å². The Kier molecular flexibility index (Phi) is 6.85. The first-order valence-electron chi connectivity index (χ1n) is 5.27. The third kappa shape index (κ3) is 5.07. The predicted molar refractivity (Wildman–Crippen MR) is 76.2 cm³/mol. The van der Waals surface area contributed by atoms with Crippen LogP contribution in [0, 0.1) is 0 Å². The van der Waals surface area contributed by atoms with Gasteiger partial charge in [0.05, 0.1) is 6.61 Å². The number of hydrogen-bond acceptors (Lipinski definition) is 4. The highest BCUT2D eigenvalue weighted by molar-refractivity contribution is 5.92. The normalized spacial score (nSPS) is 11.9. The van der Waals surface area contributed by atoms with Crippen LogP contribution in [-0.4, -0.2) is 23.7 Å². The summed E-state index contributed by atoms with van der Waals surface area (Å²) in [5.74, 6) is -0.284. The summed E-state index contributed by atoms with van der Waals surface area (Å²) in [6.45, 7) is 1.61. The molecule has 6 heteroatoms. The van der Waals surface area contributed by atoms with Crippen LogP contribution in [0.25, 0.3) is 6.08 Å². The van der Waals surface area contributed by atoms with Crippen LogP contribution in [0.1, 0.15) is 12.5 Å². The SMILES string of the molecule is CC(CO)NC(=O)C=Cc1cc(N)ccc1N.Cl. The van der Waals surface area contributed by atoms with Crippen LogP contribution in [0.5, 0.6) is 0 Å². The number of halogens is 1. The van der Waals surface area contributed by atoms with Gasteiger partial charge in [0.25, 0.3) is 0 Å². The Labute approximate surface area is 112 Å². The summed E-state index contributed by atoms with van der Waals surface area (Å²) < 4.78 is 0. The van der Waals surface area contributed by atoms with Crippen LogP contribution in [-0.2, 0) is 4.79 Å². The number of amides is 1. The number of nitrogens with two attached hydrogens (primary N) is 2. The first-order chi connectivity index (χ1) is 8.02. The summed E-state index contributed by atoms with van der Waals surface area (Å²) in [5.41, 5.74) is 13.2. The Balaban J connectivity index is 0.00000289. The number of nitrogen functional groups attached to an aromatic ring is 2. The summed E-state index contributed by atoms with van der Waals surface area (Å²) in [7, 11) is 0. The summed E-state index contributed by atoms with van der Waals surface area (Å²) in [6, 6.07) is 4.80. The van der Waals surface area contributed by atoms with Crippen molar-refractivity contribution in [1.29, 1.82) is 0 Å². The number of benzene rings is 1. The highest BCUT2D eigenvalue weighted by Crippen LogP contribution is 2.16. The molecule has 1 atom stereocenters. The maximum Gasteiger partial charge on any atom is 0.244 e. The maximum atomic E-state index is 11.4. The van der Waals surface area contributed by atoms with E-state index in [2.05, 4.69) is 5.32 Å². The molecule has 1 rings (SSSR count). The molecule has 0 heterocycles. The molecule has 0 aromatic heterocycles. The van der Waals surface area contributed by atoms with Crippen molar-refractivity contribution >= 4 is 35.8 Å². The van der Waals surface area contributed by atoms with Crippen molar-refractivity contribution < 1.29 is 9.90 Å². The predicted octanol–water partition coefficient (Wildman–Crippen LogP) is 0.783. The molecule has 0 spiro atoms. The third-order valence-corrected chi connectivity index (χ3v) is 2.19. The molecule has 0 saturated heterocycles. The molecular weight excluding hydrogens is 254 g/mol.